The zero-order chi connectivity index (χ0) is 17.4. The van der Waals surface area contributed by atoms with Crippen molar-refractivity contribution in [2.45, 2.75) is 32.9 Å². The summed E-state index contributed by atoms with van der Waals surface area (Å²) in [6.45, 7) is 6.05. The molecule has 130 valence electrons. The van der Waals surface area contributed by atoms with Crippen LogP contribution in [0, 0.1) is 5.82 Å². The van der Waals surface area contributed by atoms with E-state index in [-0.39, 0.29) is 18.5 Å². The van der Waals surface area contributed by atoms with Crippen molar-refractivity contribution >= 4 is 5.69 Å². The van der Waals surface area contributed by atoms with Gasteiger partial charge in [-0.25, -0.2) is 4.39 Å². The van der Waals surface area contributed by atoms with E-state index in [1.807, 2.05) is 48.2 Å². The highest BCUT2D eigenvalue weighted by Gasteiger charge is 2.19. The van der Waals surface area contributed by atoms with Crippen molar-refractivity contribution in [3.05, 3.63) is 65.5 Å². The van der Waals surface area contributed by atoms with E-state index in [9.17, 15) is 9.50 Å². The molecule has 3 nitrogen and oxygen atoms in total. The molecule has 2 rings (SSSR count). The van der Waals surface area contributed by atoms with Crippen LogP contribution in [0.1, 0.15) is 37.4 Å². The van der Waals surface area contributed by atoms with Gasteiger partial charge in [-0.1, -0.05) is 43.3 Å². The predicted molar refractivity (Wildman–Crippen MR) is 97.7 cm³/mol. The summed E-state index contributed by atoms with van der Waals surface area (Å²) in [5, 5.41) is 12.8. The number of hydrogen-bond donors (Lipinski definition) is 2. The van der Waals surface area contributed by atoms with Gasteiger partial charge >= 0.3 is 0 Å². The fourth-order valence-electron chi connectivity index (χ4n) is 2.90. The molecule has 2 aromatic rings. The summed E-state index contributed by atoms with van der Waals surface area (Å²) < 4.78 is 14.5. The largest absolute Gasteiger partial charge is 0.395 e. The third kappa shape index (κ3) is 4.79. The van der Waals surface area contributed by atoms with E-state index in [0.717, 1.165) is 24.2 Å². The van der Waals surface area contributed by atoms with Crippen LogP contribution >= 0.6 is 0 Å². The first-order valence-corrected chi connectivity index (χ1v) is 8.58. The number of rotatable bonds is 9. The molecule has 0 aliphatic rings. The third-order valence-corrected chi connectivity index (χ3v) is 4.09. The lowest BCUT2D eigenvalue weighted by atomic mass is 10.0. The average Bonchev–Trinajstić information content (AvgIpc) is 2.60. The van der Waals surface area contributed by atoms with Crippen LogP contribution in [0.4, 0.5) is 10.1 Å². The number of anilines is 1. The van der Waals surface area contributed by atoms with Crippen LogP contribution in [0.15, 0.2) is 48.5 Å². The Balaban J connectivity index is 2.33. The van der Waals surface area contributed by atoms with Crippen LogP contribution in [-0.4, -0.2) is 24.8 Å². The fourth-order valence-corrected chi connectivity index (χ4v) is 2.90. The Bertz CT molecular complexity index is 618. The van der Waals surface area contributed by atoms with E-state index in [0.29, 0.717) is 18.7 Å². The van der Waals surface area contributed by atoms with Crippen LogP contribution in [0.25, 0.3) is 0 Å². The molecule has 0 aliphatic heterocycles. The summed E-state index contributed by atoms with van der Waals surface area (Å²) in [5.41, 5.74) is 2.63. The van der Waals surface area contributed by atoms with Gasteiger partial charge in [0.2, 0.25) is 0 Å². The third-order valence-electron chi connectivity index (χ3n) is 4.09. The van der Waals surface area contributed by atoms with E-state index in [4.69, 9.17) is 0 Å². The smallest absolute Gasteiger partial charge is 0.130 e. The Morgan fingerprint density at radius 1 is 1.12 bits per heavy atom. The first-order chi connectivity index (χ1) is 11.7. The summed E-state index contributed by atoms with van der Waals surface area (Å²) in [7, 11) is 0. The second-order valence-corrected chi connectivity index (χ2v) is 5.98. The molecule has 0 aliphatic carbocycles. The molecule has 0 amide bonds. The normalized spacial score (nSPS) is 12.2. The zero-order valence-corrected chi connectivity index (χ0v) is 14.5. The van der Waals surface area contributed by atoms with Crippen molar-refractivity contribution in [1.29, 1.82) is 0 Å². The number of aliphatic hydroxyl groups excluding tert-OH is 1. The molecule has 0 saturated carbocycles. The standard InChI is InChI=1S/C20H27FN2O/c1-3-12-22-16(2)20-18(21)10-7-11-19(20)23(13-14-24)15-17-8-5-4-6-9-17/h4-11,16,22,24H,3,12-15H2,1-2H3. The van der Waals surface area contributed by atoms with E-state index >= 15 is 0 Å². The topological polar surface area (TPSA) is 35.5 Å². The Labute approximate surface area is 144 Å². The van der Waals surface area contributed by atoms with E-state index < -0.39 is 0 Å². The number of nitrogens with one attached hydrogen (secondary N) is 1. The van der Waals surface area contributed by atoms with E-state index in [1.165, 1.54) is 6.07 Å². The molecule has 0 saturated heterocycles. The molecule has 4 heteroatoms. The van der Waals surface area contributed by atoms with E-state index in [1.54, 1.807) is 6.07 Å². The first-order valence-electron chi connectivity index (χ1n) is 8.58. The van der Waals surface area contributed by atoms with Crippen molar-refractivity contribution < 1.29 is 9.50 Å². The zero-order valence-electron chi connectivity index (χ0n) is 14.5. The second kappa shape index (κ2) is 9.40. The Morgan fingerprint density at radius 3 is 2.54 bits per heavy atom. The molecule has 0 heterocycles. The quantitative estimate of drug-likeness (QED) is 0.732. The number of hydrogen-bond acceptors (Lipinski definition) is 3. The molecule has 0 spiro atoms. The first kappa shape index (κ1) is 18.4. The van der Waals surface area contributed by atoms with Gasteiger partial charge in [-0.05, 0) is 37.6 Å². The lowest BCUT2D eigenvalue weighted by molar-refractivity contribution is 0.301. The number of benzene rings is 2. The minimum Gasteiger partial charge on any atom is -0.395 e. The summed E-state index contributed by atoms with van der Waals surface area (Å²) in [4.78, 5) is 2.04. The highest BCUT2D eigenvalue weighted by atomic mass is 19.1. The summed E-state index contributed by atoms with van der Waals surface area (Å²) in [6, 6.07) is 15.1. The van der Waals surface area contributed by atoms with Crippen LogP contribution in [0.3, 0.4) is 0 Å². The van der Waals surface area contributed by atoms with E-state index in [2.05, 4.69) is 12.2 Å². The maximum atomic E-state index is 14.5. The highest BCUT2D eigenvalue weighted by Crippen LogP contribution is 2.30. The average molecular weight is 330 g/mol. The van der Waals surface area contributed by atoms with Gasteiger partial charge in [-0.15, -0.1) is 0 Å². The van der Waals surface area contributed by atoms with Gasteiger partial charge in [-0.3, -0.25) is 0 Å². The van der Waals surface area contributed by atoms with Gasteiger partial charge in [0.1, 0.15) is 5.82 Å². The molecular weight excluding hydrogens is 303 g/mol. The van der Waals surface area contributed by atoms with Crippen molar-refractivity contribution in [3.8, 4) is 0 Å². The van der Waals surface area contributed by atoms with Crippen molar-refractivity contribution in [2.75, 3.05) is 24.6 Å². The molecule has 1 unspecified atom stereocenters. The molecule has 1 atom stereocenters. The van der Waals surface area contributed by atoms with Crippen LogP contribution in [-0.2, 0) is 6.54 Å². The molecular formula is C20H27FN2O. The van der Waals surface area contributed by atoms with Gasteiger partial charge in [0.15, 0.2) is 0 Å². The van der Waals surface area contributed by atoms with Gasteiger partial charge in [0.05, 0.1) is 6.61 Å². The van der Waals surface area contributed by atoms with Gasteiger partial charge in [0, 0.05) is 30.4 Å². The van der Waals surface area contributed by atoms with Gasteiger partial charge < -0.3 is 15.3 Å². The summed E-state index contributed by atoms with van der Waals surface area (Å²) >= 11 is 0. The Morgan fingerprint density at radius 2 is 1.88 bits per heavy atom. The van der Waals surface area contributed by atoms with Crippen molar-refractivity contribution in [3.63, 3.8) is 0 Å². The minimum absolute atomic E-state index is 0.0273. The lowest BCUT2D eigenvalue weighted by Gasteiger charge is -2.29. The van der Waals surface area contributed by atoms with Gasteiger partial charge in [-0.2, -0.15) is 0 Å². The summed E-state index contributed by atoms with van der Waals surface area (Å²) in [6.07, 6.45) is 0.999. The molecule has 0 aromatic heterocycles. The van der Waals surface area contributed by atoms with Crippen LogP contribution in [0.5, 0.6) is 0 Å². The maximum Gasteiger partial charge on any atom is 0.130 e. The van der Waals surface area contributed by atoms with Crippen molar-refractivity contribution in [2.24, 2.45) is 0 Å². The Hall–Kier alpha value is -1.91. The summed E-state index contributed by atoms with van der Waals surface area (Å²) in [5.74, 6) is -0.209. The fraction of sp³-hybridized carbons (Fsp3) is 0.400. The predicted octanol–water partition coefficient (Wildman–Crippen LogP) is 3.89. The minimum atomic E-state index is -0.209. The number of nitrogens with zero attached hydrogens (tertiary/aromatic N) is 1. The molecule has 0 fully saturated rings. The monoisotopic (exact) mass is 330 g/mol. The number of aliphatic hydroxyl groups is 1. The molecule has 0 radical (unpaired) electrons. The molecule has 2 aromatic carbocycles. The maximum absolute atomic E-state index is 14.5. The molecule has 24 heavy (non-hydrogen) atoms. The number of halogens is 1. The highest BCUT2D eigenvalue weighted by molar-refractivity contribution is 5.56. The van der Waals surface area contributed by atoms with Gasteiger partial charge in [0.25, 0.3) is 0 Å². The van der Waals surface area contributed by atoms with Crippen LogP contribution in [0.2, 0.25) is 0 Å². The SMILES string of the molecule is CCCNC(C)c1c(F)cccc1N(CCO)Cc1ccccc1. The van der Waals surface area contributed by atoms with Crippen molar-refractivity contribution in [1.82, 2.24) is 5.32 Å². The molecule has 2 N–H and O–H groups in total. The second-order valence-electron chi connectivity index (χ2n) is 5.98. The van der Waals surface area contributed by atoms with Crippen LogP contribution < -0.4 is 10.2 Å². The lowest BCUT2D eigenvalue weighted by Crippen LogP contribution is -2.29. The molecule has 0 bridgehead atoms. The Kier molecular flexibility index (Phi) is 7.22.